The summed E-state index contributed by atoms with van der Waals surface area (Å²) >= 11 is 0. The first-order valence-electron chi connectivity index (χ1n) is 7.63. The predicted molar refractivity (Wildman–Crippen MR) is 77.0 cm³/mol. The van der Waals surface area contributed by atoms with Crippen molar-refractivity contribution in [3.8, 4) is 0 Å². The molecule has 2 heterocycles. The molecule has 4 N–H and O–H groups in total. The van der Waals surface area contributed by atoms with Crippen molar-refractivity contribution in [2.45, 2.75) is 55.3 Å². The van der Waals surface area contributed by atoms with Crippen LogP contribution in [0, 0.1) is 0 Å². The van der Waals surface area contributed by atoms with Gasteiger partial charge in [-0.3, -0.25) is 0 Å². The fourth-order valence-electron chi connectivity index (χ4n) is 2.83. The van der Waals surface area contributed by atoms with Gasteiger partial charge in [-0.1, -0.05) is 0 Å². The highest BCUT2D eigenvalue weighted by Crippen LogP contribution is 2.28. The lowest BCUT2D eigenvalue weighted by Crippen LogP contribution is -2.62. The number of aliphatic hydroxyl groups excluding tert-OH is 4. The summed E-state index contributed by atoms with van der Waals surface area (Å²) in [5.74, 6) is 0. The van der Waals surface area contributed by atoms with Gasteiger partial charge in [0.15, 0.2) is 12.6 Å². The molecule has 142 valence electrons. The lowest BCUT2D eigenvalue weighted by Gasteiger charge is -2.44. The van der Waals surface area contributed by atoms with Gasteiger partial charge in [0.25, 0.3) is 0 Å². The van der Waals surface area contributed by atoms with E-state index in [4.69, 9.17) is 28.4 Å². The molecular formula is C14H26O10. The highest BCUT2D eigenvalue weighted by Gasteiger charge is 2.49. The maximum absolute atomic E-state index is 10.2. The van der Waals surface area contributed by atoms with Crippen LogP contribution in [0.2, 0.25) is 0 Å². The van der Waals surface area contributed by atoms with Gasteiger partial charge < -0.3 is 48.8 Å². The molecular weight excluding hydrogens is 328 g/mol. The Labute approximate surface area is 139 Å². The van der Waals surface area contributed by atoms with Gasteiger partial charge in [-0.2, -0.15) is 0 Å². The molecule has 2 aliphatic heterocycles. The third-order valence-electron chi connectivity index (χ3n) is 4.22. The molecule has 0 bridgehead atoms. The highest BCUT2D eigenvalue weighted by molar-refractivity contribution is 4.91. The fraction of sp³-hybridized carbons (Fsp3) is 1.00. The maximum Gasteiger partial charge on any atom is 0.190 e. The van der Waals surface area contributed by atoms with Gasteiger partial charge in [0.1, 0.15) is 42.7 Å². The summed E-state index contributed by atoms with van der Waals surface area (Å²) in [6.07, 6.45) is -9.72. The van der Waals surface area contributed by atoms with Crippen LogP contribution in [0.3, 0.4) is 0 Å². The topological polar surface area (TPSA) is 136 Å². The molecule has 0 aromatic carbocycles. The summed E-state index contributed by atoms with van der Waals surface area (Å²) in [5.41, 5.74) is 0. The monoisotopic (exact) mass is 354 g/mol. The predicted octanol–water partition coefficient (Wildman–Crippen LogP) is -2.80. The SMILES string of the molecule is COC[C@H]1O[C@@H](O[C@@H]2OC[C@H](O)[C@@H](O)[C@H]2OC)[C@@H](OC)[C@@H](O)[C@@H]1O. The minimum Gasteiger partial charge on any atom is -0.388 e. The number of hydrogen-bond donors (Lipinski definition) is 4. The molecule has 2 rings (SSSR count). The molecule has 24 heavy (non-hydrogen) atoms. The first-order valence-corrected chi connectivity index (χ1v) is 7.63. The largest absolute Gasteiger partial charge is 0.388 e. The molecule has 2 saturated heterocycles. The Morgan fingerprint density at radius 1 is 0.875 bits per heavy atom. The Morgan fingerprint density at radius 3 is 2.08 bits per heavy atom. The van der Waals surface area contributed by atoms with Crippen molar-refractivity contribution in [2.75, 3.05) is 34.5 Å². The minimum absolute atomic E-state index is 0.0368. The lowest BCUT2D eigenvalue weighted by atomic mass is 9.99. The molecule has 0 saturated carbocycles. The van der Waals surface area contributed by atoms with E-state index >= 15 is 0 Å². The Morgan fingerprint density at radius 2 is 1.50 bits per heavy atom. The number of methoxy groups -OCH3 is 3. The molecule has 0 radical (unpaired) electrons. The standard InChI is InChI=1S/C14H26O10/c1-19-5-7-9(17)10(18)12(21-3)14(23-7)24-13-11(20-2)8(16)6(15)4-22-13/h6-18H,4-5H2,1-3H3/t6-,7+,8+,9+,10-,11+,12-,13-,14-/m0/s1. The summed E-state index contributed by atoms with van der Waals surface area (Å²) < 4.78 is 31.9. The molecule has 0 aromatic rings. The van der Waals surface area contributed by atoms with Gasteiger partial charge in [-0.15, -0.1) is 0 Å². The van der Waals surface area contributed by atoms with E-state index in [2.05, 4.69) is 0 Å². The zero-order valence-electron chi connectivity index (χ0n) is 13.8. The lowest BCUT2D eigenvalue weighted by molar-refractivity contribution is -0.369. The quantitative estimate of drug-likeness (QED) is 0.396. The van der Waals surface area contributed by atoms with E-state index in [-0.39, 0.29) is 13.2 Å². The summed E-state index contributed by atoms with van der Waals surface area (Å²) in [6, 6.07) is 0. The first kappa shape index (κ1) is 19.9. The van der Waals surface area contributed by atoms with Crippen LogP contribution in [0.4, 0.5) is 0 Å². The van der Waals surface area contributed by atoms with Crippen LogP contribution >= 0.6 is 0 Å². The molecule has 10 heteroatoms. The van der Waals surface area contributed by atoms with Crippen molar-refractivity contribution in [1.82, 2.24) is 0 Å². The van der Waals surface area contributed by atoms with Gasteiger partial charge in [-0.05, 0) is 0 Å². The second-order valence-corrected chi connectivity index (χ2v) is 5.78. The zero-order valence-corrected chi connectivity index (χ0v) is 13.8. The van der Waals surface area contributed by atoms with Crippen molar-refractivity contribution >= 4 is 0 Å². The average molecular weight is 354 g/mol. The van der Waals surface area contributed by atoms with Crippen LogP contribution in [0.25, 0.3) is 0 Å². The average Bonchev–Trinajstić information content (AvgIpc) is 2.56. The number of rotatable bonds is 6. The molecule has 0 aliphatic carbocycles. The second-order valence-electron chi connectivity index (χ2n) is 5.78. The Bertz CT molecular complexity index is 381. The van der Waals surface area contributed by atoms with E-state index in [1.54, 1.807) is 0 Å². The number of hydrogen-bond acceptors (Lipinski definition) is 10. The van der Waals surface area contributed by atoms with Crippen LogP contribution in [-0.4, -0.2) is 110 Å². The summed E-state index contributed by atoms with van der Waals surface area (Å²) in [7, 11) is 4.11. The van der Waals surface area contributed by atoms with Crippen LogP contribution in [0.15, 0.2) is 0 Å². The molecule has 2 fully saturated rings. The van der Waals surface area contributed by atoms with E-state index in [9.17, 15) is 20.4 Å². The maximum atomic E-state index is 10.2. The smallest absolute Gasteiger partial charge is 0.190 e. The van der Waals surface area contributed by atoms with Gasteiger partial charge in [0.05, 0.1) is 13.2 Å². The molecule has 0 unspecified atom stereocenters. The van der Waals surface area contributed by atoms with Gasteiger partial charge in [0, 0.05) is 21.3 Å². The summed E-state index contributed by atoms with van der Waals surface area (Å²) in [4.78, 5) is 0. The van der Waals surface area contributed by atoms with Crippen molar-refractivity contribution in [3.05, 3.63) is 0 Å². The molecule has 0 amide bonds. The molecule has 9 atom stereocenters. The normalized spacial score (nSPS) is 46.9. The van der Waals surface area contributed by atoms with Crippen molar-refractivity contribution < 1.29 is 48.8 Å². The third kappa shape index (κ3) is 4.05. The van der Waals surface area contributed by atoms with Crippen LogP contribution in [0.5, 0.6) is 0 Å². The van der Waals surface area contributed by atoms with Crippen molar-refractivity contribution in [3.63, 3.8) is 0 Å². The van der Waals surface area contributed by atoms with E-state index in [0.29, 0.717) is 0 Å². The van der Waals surface area contributed by atoms with E-state index in [0.717, 1.165) is 0 Å². The summed E-state index contributed by atoms with van der Waals surface area (Å²) in [5, 5.41) is 39.9. The Kier molecular flexibility index (Phi) is 7.31. The molecule has 10 nitrogen and oxygen atoms in total. The number of ether oxygens (including phenoxy) is 6. The third-order valence-corrected chi connectivity index (χ3v) is 4.22. The zero-order chi connectivity index (χ0) is 17.9. The van der Waals surface area contributed by atoms with Crippen molar-refractivity contribution in [2.24, 2.45) is 0 Å². The van der Waals surface area contributed by atoms with E-state index < -0.39 is 55.3 Å². The van der Waals surface area contributed by atoms with Gasteiger partial charge in [0.2, 0.25) is 0 Å². The van der Waals surface area contributed by atoms with Crippen LogP contribution < -0.4 is 0 Å². The molecule has 0 spiro atoms. The van der Waals surface area contributed by atoms with E-state index in [1.807, 2.05) is 0 Å². The minimum atomic E-state index is -1.27. The first-order chi connectivity index (χ1) is 11.4. The highest BCUT2D eigenvalue weighted by atomic mass is 16.8. The Balaban J connectivity index is 2.10. The second kappa shape index (κ2) is 8.81. The summed E-state index contributed by atoms with van der Waals surface area (Å²) in [6.45, 7) is -0.113. The molecule has 0 aromatic heterocycles. The van der Waals surface area contributed by atoms with Crippen LogP contribution in [0.1, 0.15) is 0 Å². The van der Waals surface area contributed by atoms with Gasteiger partial charge >= 0.3 is 0 Å². The fourth-order valence-corrected chi connectivity index (χ4v) is 2.83. The molecule has 2 aliphatic rings. The number of aliphatic hydroxyl groups is 4. The van der Waals surface area contributed by atoms with Gasteiger partial charge in [-0.25, -0.2) is 0 Å². The van der Waals surface area contributed by atoms with Crippen LogP contribution in [-0.2, 0) is 28.4 Å². The van der Waals surface area contributed by atoms with E-state index in [1.165, 1.54) is 21.3 Å². The van der Waals surface area contributed by atoms with Crippen molar-refractivity contribution in [1.29, 1.82) is 0 Å². The Hall–Kier alpha value is -0.400.